The van der Waals surface area contributed by atoms with Crippen LogP contribution in [0.2, 0.25) is 0 Å². The highest BCUT2D eigenvalue weighted by molar-refractivity contribution is 6.01. The van der Waals surface area contributed by atoms with Gasteiger partial charge in [0.1, 0.15) is 12.2 Å². The zero-order valence-electron chi connectivity index (χ0n) is 15.7. The Bertz CT molecular complexity index is 775. The van der Waals surface area contributed by atoms with Crippen LogP contribution in [-0.2, 0) is 9.59 Å². The first-order valence-electron chi connectivity index (χ1n) is 9.72. The summed E-state index contributed by atoms with van der Waals surface area (Å²) in [7, 11) is 0. The zero-order valence-corrected chi connectivity index (χ0v) is 15.7. The van der Waals surface area contributed by atoms with Crippen molar-refractivity contribution in [1.82, 2.24) is 0 Å². The number of hydrogen-bond acceptors (Lipinski definition) is 5. The molecule has 0 heterocycles. The molecule has 0 aromatic heterocycles. The molecule has 0 aromatic rings. The minimum atomic E-state index is -1.97. The summed E-state index contributed by atoms with van der Waals surface area (Å²) in [5.74, 6) is -1.64. The summed E-state index contributed by atoms with van der Waals surface area (Å²) < 4.78 is 16.7. The molecule has 0 saturated heterocycles. The van der Waals surface area contributed by atoms with E-state index in [9.17, 15) is 24.9 Å². The Morgan fingerprint density at radius 2 is 2.00 bits per heavy atom. The maximum atomic E-state index is 16.7. The van der Waals surface area contributed by atoms with Gasteiger partial charge >= 0.3 is 0 Å². The number of fused-ring (bicyclic) bond motifs is 5. The van der Waals surface area contributed by atoms with Crippen LogP contribution in [-0.4, -0.2) is 50.9 Å². The predicted molar refractivity (Wildman–Crippen MR) is 95.4 cm³/mol. The molecule has 6 heteroatoms. The topological polar surface area (TPSA) is 94.8 Å². The fourth-order valence-electron chi connectivity index (χ4n) is 6.80. The molecular weight excluding hydrogens is 351 g/mol. The lowest BCUT2D eigenvalue weighted by Gasteiger charge is -2.62. The number of ketones is 2. The molecule has 0 aliphatic heterocycles. The number of hydrogen-bond donors (Lipinski definition) is 3. The summed E-state index contributed by atoms with van der Waals surface area (Å²) in [6.45, 7) is 2.71. The number of carbonyl (C=O) groups excluding carboxylic acids is 2. The Morgan fingerprint density at radius 1 is 1.30 bits per heavy atom. The number of allylic oxidation sites excluding steroid dienone is 4. The Morgan fingerprint density at radius 3 is 2.67 bits per heavy atom. The third-order valence-electron chi connectivity index (χ3n) is 8.40. The molecule has 4 aliphatic carbocycles. The maximum absolute atomic E-state index is 16.7. The van der Waals surface area contributed by atoms with Crippen LogP contribution in [0.25, 0.3) is 0 Å². The molecule has 7 atom stereocenters. The zero-order chi connectivity index (χ0) is 19.8. The van der Waals surface area contributed by atoms with Crippen LogP contribution in [0.1, 0.15) is 46.0 Å². The summed E-state index contributed by atoms with van der Waals surface area (Å²) in [6, 6.07) is 0. The van der Waals surface area contributed by atoms with Crippen molar-refractivity contribution >= 4 is 11.6 Å². The van der Waals surface area contributed by atoms with Gasteiger partial charge in [0.2, 0.25) is 0 Å². The molecule has 5 nitrogen and oxygen atoms in total. The maximum Gasteiger partial charge on any atom is 0.190 e. The number of halogens is 1. The average Bonchev–Trinajstić information content (AvgIpc) is 2.88. The Balaban J connectivity index is 1.81. The predicted octanol–water partition coefficient (Wildman–Crippen LogP) is 1.65. The molecule has 148 valence electrons. The van der Waals surface area contributed by atoms with E-state index in [1.54, 1.807) is 19.9 Å². The molecule has 0 radical (unpaired) electrons. The monoisotopic (exact) mass is 378 g/mol. The Kier molecular flexibility index (Phi) is 3.92. The minimum Gasteiger partial charge on any atom is -0.390 e. The van der Waals surface area contributed by atoms with Crippen molar-refractivity contribution in [3.05, 3.63) is 23.8 Å². The average molecular weight is 378 g/mol. The molecule has 0 bridgehead atoms. The quantitative estimate of drug-likeness (QED) is 0.679. The first-order chi connectivity index (χ1) is 12.5. The van der Waals surface area contributed by atoms with Crippen LogP contribution >= 0.6 is 0 Å². The smallest absolute Gasteiger partial charge is 0.190 e. The van der Waals surface area contributed by atoms with Crippen molar-refractivity contribution in [3.8, 4) is 0 Å². The first-order valence-corrected chi connectivity index (χ1v) is 9.72. The van der Waals surface area contributed by atoms with Crippen molar-refractivity contribution in [3.63, 3.8) is 0 Å². The fraction of sp³-hybridized carbons (Fsp3) is 0.714. The van der Waals surface area contributed by atoms with E-state index >= 15 is 4.39 Å². The van der Waals surface area contributed by atoms with E-state index in [4.69, 9.17) is 0 Å². The summed E-state index contributed by atoms with van der Waals surface area (Å²) >= 11 is 0. The third-order valence-corrected chi connectivity index (χ3v) is 8.40. The van der Waals surface area contributed by atoms with Gasteiger partial charge in [-0.05, 0) is 57.1 Å². The van der Waals surface area contributed by atoms with E-state index in [1.165, 1.54) is 12.2 Å². The minimum absolute atomic E-state index is 0.0580. The normalized spacial score (nSPS) is 51.3. The number of aliphatic hydroxyl groups is 3. The molecule has 0 spiro atoms. The summed E-state index contributed by atoms with van der Waals surface area (Å²) in [5, 5.41) is 31.5. The second-order valence-electron chi connectivity index (χ2n) is 9.24. The molecule has 4 rings (SSSR count). The van der Waals surface area contributed by atoms with Gasteiger partial charge in [-0.1, -0.05) is 18.6 Å². The van der Waals surface area contributed by atoms with E-state index in [0.717, 1.165) is 0 Å². The molecule has 0 amide bonds. The van der Waals surface area contributed by atoms with Crippen molar-refractivity contribution in [1.29, 1.82) is 0 Å². The van der Waals surface area contributed by atoms with Crippen molar-refractivity contribution in [2.75, 3.05) is 6.61 Å². The van der Waals surface area contributed by atoms with Gasteiger partial charge in [-0.15, -0.1) is 0 Å². The van der Waals surface area contributed by atoms with Crippen molar-refractivity contribution < 1.29 is 29.3 Å². The molecular formula is C21H27FO5. The largest absolute Gasteiger partial charge is 0.390 e. The lowest BCUT2D eigenvalue weighted by atomic mass is 9.44. The van der Waals surface area contributed by atoms with E-state index < -0.39 is 46.5 Å². The number of Topliss-reactive ketones (excluding diaryl/α,β-unsaturated/α-hetero) is 1. The Hall–Kier alpha value is -1.37. The van der Waals surface area contributed by atoms with Crippen LogP contribution in [0.4, 0.5) is 4.39 Å². The number of carbonyl (C=O) groups is 2. The van der Waals surface area contributed by atoms with Crippen molar-refractivity contribution in [2.24, 2.45) is 22.7 Å². The molecule has 27 heavy (non-hydrogen) atoms. The van der Waals surface area contributed by atoms with Crippen LogP contribution in [0.3, 0.4) is 0 Å². The molecule has 3 N–H and O–H groups in total. The molecule has 4 aliphatic rings. The van der Waals surface area contributed by atoms with Gasteiger partial charge in [0.25, 0.3) is 0 Å². The van der Waals surface area contributed by atoms with Gasteiger partial charge in [-0.3, -0.25) is 9.59 Å². The lowest BCUT2D eigenvalue weighted by molar-refractivity contribution is -0.217. The highest BCUT2D eigenvalue weighted by atomic mass is 19.1. The van der Waals surface area contributed by atoms with Crippen LogP contribution in [0.15, 0.2) is 23.8 Å². The highest BCUT2D eigenvalue weighted by Crippen LogP contribution is 2.69. The van der Waals surface area contributed by atoms with Gasteiger partial charge in [0, 0.05) is 16.7 Å². The first kappa shape index (κ1) is 19.0. The standard InChI is InChI=1S/C21H27FO5/c1-18-7-5-13(24)9-12(18)3-4-15-14-6-8-20(27,17(26)11-23)19(14,2)10-16(25)21(15,18)22/h5,7,9,14-16,23,25,27H,3-4,6,8,10-11H2,1-2H3/t14?,15?,16-,18?,19-,20-,21-/m0/s1. The molecule has 0 aromatic carbocycles. The molecule has 3 fully saturated rings. The molecule has 3 saturated carbocycles. The van der Waals surface area contributed by atoms with Gasteiger partial charge in [0.05, 0.1) is 6.10 Å². The number of aliphatic hydroxyl groups excluding tert-OH is 2. The van der Waals surface area contributed by atoms with E-state index in [1.807, 2.05) is 0 Å². The summed E-state index contributed by atoms with van der Waals surface area (Å²) in [5.41, 5.74) is -5.07. The number of alkyl halides is 1. The lowest BCUT2D eigenvalue weighted by Crippen LogP contribution is -2.69. The van der Waals surface area contributed by atoms with Gasteiger partial charge in [0.15, 0.2) is 17.2 Å². The van der Waals surface area contributed by atoms with Gasteiger partial charge < -0.3 is 15.3 Å². The van der Waals surface area contributed by atoms with Crippen LogP contribution in [0.5, 0.6) is 0 Å². The fourth-order valence-corrected chi connectivity index (χ4v) is 6.80. The van der Waals surface area contributed by atoms with Crippen LogP contribution < -0.4 is 0 Å². The highest BCUT2D eigenvalue weighted by Gasteiger charge is 2.73. The number of rotatable bonds is 2. The van der Waals surface area contributed by atoms with E-state index in [2.05, 4.69) is 0 Å². The second kappa shape index (κ2) is 5.58. The SMILES string of the molecule is CC12C=CC(=O)C=C1CCC1C3CC[C@](O)(C(=O)CO)[C@@]3(C)C[C@H](O)[C@@]12F. The summed E-state index contributed by atoms with van der Waals surface area (Å²) in [6.07, 6.45) is 4.65. The van der Waals surface area contributed by atoms with Gasteiger partial charge in [-0.2, -0.15) is 0 Å². The Labute approximate surface area is 158 Å². The van der Waals surface area contributed by atoms with Gasteiger partial charge in [-0.25, -0.2) is 4.39 Å². The summed E-state index contributed by atoms with van der Waals surface area (Å²) in [4.78, 5) is 24.1. The third kappa shape index (κ3) is 2.04. The van der Waals surface area contributed by atoms with Crippen molar-refractivity contribution in [2.45, 2.75) is 63.3 Å². The van der Waals surface area contributed by atoms with E-state index in [-0.39, 0.29) is 24.5 Å². The van der Waals surface area contributed by atoms with Crippen LogP contribution in [0, 0.1) is 22.7 Å². The second-order valence-corrected chi connectivity index (χ2v) is 9.24. The molecule has 3 unspecified atom stereocenters. The van der Waals surface area contributed by atoms with E-state index in [0.29, 0.717) is 24.8 Å².